The fraction of sp³-hybridized carbons (Fsp3) is 0.900. The number of alkyl halides is 3. The van der Waals surface area contributed by atoms with E-state index >= 15 is 0 Å². The van der Waals surface area contributed by atoms with Crippen molar-refractivity contribution in [2.75, 3.05) is 46.4 Å². The molecule has 1 saturated heterocycles. The first-order valence-electron chi connectivity index (χ1n) is 5.71. The second-order valence-corrected chi connectivity index (χ2v) is 4.28. The molecule has 0 aromatic rings. The fourth-order valence-electron chi connectivity index (χ4n) is 1.60. The van der Waals surface area contributed by atoms with Gasteiger partial charge in [0.1, 0.15) is 6.54 Å². The molecule has 0 aliphatic carbocycles. The zero-order valence-corrected chi connectivity index (χ0v) is 10.2. The van der Waals surface area contributed by atoms with Gasteiger partial charge in [-0.15, -0.1) is 0 Å². The van der Waals surface area contributed by atoms with Crippen LogP contribution >= 0.6 is 0 Å². The van der Waals surface area contributed by atoms with Gasteiger partial charge in [-0.1, -0.05) is 0 Å². The van der Waals surface area contributed by atoms with Crippen LogP contribution in [0.3, 0.4) is 0 Å². The van der Waals surface area contributed by atoms with Crippen LogP contribution in [0.5, 0.6) is 0 Å². The molecular formula is C10H18F3N3O2. The zero-order valence-electron chi connectivity index (χ0n) is 10.2. The third kappa shape index (κ3) is 6.77. The first-order chi connectivity index (χ1) is 8.37. The second kappa shape index (κ2) is 6.91. The van der Waals surface area contributed by atoms with Crippen molar-refractivity contribution in [3.63, 3.8) is 0 Å². The van der Waals surface area contributed by atoms with Crippen molar-refractivity contribution < 1.29 is 22.7 Å². The molecule has 1 atom stereocenters. The Kier molecular flexibility index (Phi) is 5.83. The normalized spacial score (nSPS) is 21.9. The number of likely N-dealkylation sites (N-methyl/N-ethyl adjacent to an activating group) is 1. The molecule has 0 spiro atoms. The van der Waals surface area contributed by atoms with E-state index in [1.54, 1.807) is 5.32 Å². The van der Waals surface area contributed by atoms with E-state index < -0.39 is 18.6 Å². The van der Waals surface area contributed by atoms with Crippen LogP contribution in [0, 0.1) is 0 Å². The van der Waals surface area contributed by atoms with Gasteiger partial charge in [-0.2, -0.15) is 13.2 Å². The van der Waals surface area contributed by atoms with Gasteiger partial charge in [-0.3, -0.25) is 4.79 Å². The van der Waals surface area contributed by atoms with Crippen molar-refractivity contribution in [3.8, 4) is 0 Å². The first-order valence-corrected chi connectivity index (χ1v) is 5.71. The minimum absolute atomic E-state index is 0.0285. The third-order valence-electron chi connectivity index (χ3n) is 2.49. The van der Waals surface area contributed by atoms with E-state index in [9.17, 15) is 18.0 Å². The summed E-state index contributed by atoms with van der Waals surface area (Å²) in [7, 11) is 1.96. The van der Waals surface area contributed by atoms with Crippen LogP contribution in [0.1, 0.15) is 0 Å². The Morgan fingerprint density at radius 2 is 2.22 bits per heavy atom. The van der Waals surface area contributed by atoms with E-state index in [4.69, 9.17) is 4.74 Å². The lowest BCUT2D eigenvalue weighted by molar-refractivity contribution is -0.138. The molecule has 0 radical (unpaired) electrons. The zero-order chi connectivity index (χ0) is 13.6. The topological polar surface area (TPSA) is 53.6 Å². The highest BCUT2D eigenvalue weighted by Crippen LogP contribution is 2.11. The lowest BCUT2D eigenvalue weighted by atomic mass is 10.3. The molecule has 1 amide bonds. The van der Waals surface area contributed by atoms with Gasteiger partial charge >= 0.3 is 6.18 Å². The summed E-state index contributed by atoms with van der Waals surface area (Å²) in [5.74, 6) is -0.670. The molecule has 1 aliphatic heterocycles. The molecule has 5 nitrogen and oxygen atoms in total. The number of nitrogens with zero attached hydrogens (tertiary/aromatic N) is 1. The number of halogens is 3. The molecule has 18 heavy (non-hydrogen) atoms. The lowest BCUT2D eigenvalue weighted by Crippen LogP contribution is -2.47. The number of carbonyl (C=O) groups excluding carboxylic acids is 1. The predicted molar refractivity (Wildman–Crippen MR) is 59.2 cm³/mol. The standard InChI is InChI=1S/C10H18F3N3O2/c1-16-2-3-18-8(6-16)4-14-5-9(17)15-7-10(11,12)13/h8,14H,2-7H2,1H3,(H,15,17)/t8-/m1/s1. The van der Waals surface area contributed by atoms with Crippen LogP contribution in [0.15, 0.2) is 0 Å². The van der Waals surface area contributed by atoms with Gasteiger partial charge in [0.25, 0.3) is 0 Å². The summed E-state index contributed by atoms with van der Waals surface area (Å²) in [5.41, 5.74) is 0. The summed E-state index contributed by atoms with van der Waals surface area (Å²) in [6.45, 7) is 1.25. The Morgan fingerprint density at radius 3 is 2.83 bits per heavy atom. The average Bonchev–Trinajstić information content (AvgIpc) is 2.25. The molecule has 2 N–H and O–H groups in total. The van der Waals surface area contributed by atoms with Gasteiger partial charge in [0.2, 0.25) is 5.91 Å². The summed E-state index contributed by atoms with van der Waals surface area (Å²) in [6, 6.07) is 0. The molecule has 8 heteroatoms. The van der Waals surface area contributed by atoms with Crippen LogP contribution in [-0.2, 0) is 9.53 Å². The summed E-state index contributed by atoms with van der Waals surface area (Å²) in [5, 5.41) is 4.57. The Hall–Kier alpha value is -0.860. The van der Waals surface area contributed by atoms with Gasteiger partial charge in [-0.25, -0.2) is 0 Å². The van der Waals surface area contributed by atoms with E-state index in [-0.39, 0.29) is 12.6 Å². The van der Waals surface area contributed by atoms with Crippen molar-refractivity contribution >= 4 is 5.91 Å². The number of hydrogen-bond donors (Lipinski definition) is 2. The third-order valence-corrected chi connectivity index (χ3v) is 2.49. The van der Waals surface area contributed by atoms with Crippen molar-refractivity contribution in [1.29, 1.82) is 0 Å². The number of carbonyl (C=O) groups is 1. The minimum Gasteiger partial charge on any atom is -0.374 e. The largest absolute Gasteiger partial charge is 0.405 e. The van der Waals surface area contributed by atoms with Gasteiger partial charge in [-0.05, 0) is 7.05 Å². The molecule has 106 valence electrons. The van der Waals surface area contributed by atoms with Crippen LogP contribution in [0.4, 0.5) is 13.2 Å². The monoisotopic (exact) mass is 269 g/mol. The van der Waals surface area contributed by atoms with E-state index in [1.807, 2.05) is 7.05 Å². The predicted octanol–water partition coefficient (Wildman–Crippen LogP) is -0.415. The minimum atomic E-state index is -4.37. The maximum absolute atomic E-state index is 11.8. The number of nitrogens with one attached hydrogen (secondary N) is 2. The van der Waals surface area contributed by atoms with E-state index in [1.165, 1.54) is 0 Å². The SMILES string of the molecule is CN1CCO[C@H](CNCC(=O)NCC(F)(F)F)C1. The Morgan fingerprint density at radius 1 is 1.50 bits per heavy atom. The van der Waals surface area contributed by atoms with E-state index in [2.05, 4.69) is 10.2 Å². The number of morpholine rings is 1. The number of amides is 1. The van der Waals surface area contributed by atoms with E-state index in [0.717, 1.165) is 13.1 Å². The van der Waals surface area contributed by atoms with Crippen LogP contribution in [0.25, 0.3) is 0 Å². The van der Waals surface area contributed by atoms with Crippen molar-refractivity contribution in [2.24, 2.45) is 0 Å². The highest BCUT2D eigenvalue weighted by Gasteiger charge is 2.27. The molecule has 1 rings (SSSR count). The Labute approximate surface area is 104 Å². The highest BCUT2D eigenvalue weighted by molar-refractivity contribution is 5.77. The van der Waals surface area contributed by atoms with E-state index in [0.29, 0.717) is 13.2 Å². The second-order valence-electron chi connectivity index (χ2n) is 4.28. The smallest absolute Gasteiger partial charge is 0.374 e. The fourth-order valence-corrected chi connectivity index (χ4v) is 1.60. The molecule has 0 aromatic heterocycles. The van der Waals surface area contributed by atoms with Gasteiger partial charge in [0.15, 0.2) is 0 Å². The molecule has 1 heterocycles. The Bertz CT molecular complexity index is 274. The van der Waals surface area contributed by atoms with Gasteiger partial charge < -0.3 is 20.3 Å². The molecule has 0 bridgehead atoms. The van der Waals surface area contributed by atoms with Crippen LogP contribution < -0.4 is 10.6 Å². The lowest BCUT2D eigenvalue weighted by Gasteiger charge is -2.30. The van der Waals surface area contributed by atoms with Crippen molar-refractivity contribution in [1.82, 2.24) is 15.5 Å². The highest BCUT2D eigenvalue weighted by atomic mass is 19.4. The molecular weight excluding hydrogens is 251 g/mol. The number of rotatable bonds is 5. The van der Waals surface area contributed by atoms with Crippen LogP contribution in [0.2, 0.25) is 0 Å². The molecule has 1 fully saturated rings. The van der Waals surface area contributed by atoms with Crippen molar-refractivity contribution in [3.05, 3.63) is 0 Å². The van der Waals surface area contributed by atoms with Crippen molar-refractivity contribution in [2.45, 2.75) is 12.3 Å². The molecule has 0 unspecified atom stereocenters. The quantitative estimate of drug-likeness (QED) is 0.712. The van der Waals surface area contributed by atoms with Crippen LogP contribution in [-0.4, -0.2) is 69.5 Å². The average molecular weight is 269 g/mol. The molecule has 0 saturated carbocycles. The summed E-state index contributed by atoms with van der Waals surface area (Å²) >= 11 is 0. The first kappa shape index (κ1) is 15.2. The van der Waals surface area contributed by atoms with Gasteiger partial charge in [0, 0.05) is 19.6 Å². The van der Waals surface area contributed by atoms with Gasteiger partial charge in [0.05, 0.1) is 19.3 Å². The Balaban J connectivity index is 2.08. The maximum atomic E-state index is 11.8. The number of hydrogen-bond acceptors (Lipinski definition) is 4. The molecule has 0 aromatic carbocycles. The summed E-state index contributed by atoms with van der Waals surface area (Å²) in [6.07, 6.45) is -4.40. The summed E-state index contributed by atoms with van der Waals surface area (Å²) < 4.78 is 40.9. The number of ether oxygens (including phenoxy) is 1. The maximum Gasteiger partial charge on any atom is 0.405 e. The molecule has 1 aliphatic rings. The summed E-state index contributed by atoms with van der Waals surface area (Å²) in [4.78, 5) is 13.2.